The predicted octanol–water partition coefficient (Wildman–Crippen LogP) is 3.39. The molecular formula is C13H24O. The van der Waals surface area contributed by atoms with Crippen LogP contribution in [0.15, 0.2) is 11.6 Å². The Morgan fingerprint density at radius 2 is 2.21 bits per heavy atom. The molecule has 1 nitrogen and oxygen atoms in total. The van der Waals surface area contributed by atoms with Gasteiger partial charge in [-0.1, -0.05) is 32.4 Å². The molecule has 0 aromatic rings. The van der Waals surface area contributed by atoms with Crippen LogP contribution in [0.1, 0.15) is 47.0 Å². The lowest BCUT2D eigenvalue weighted by Crippen LogP contribution is -2.10. The van der Waals surface area contributed by atoms with Crippen LogP contribution in [0.4, 0.5) is 0 Å². The topological polar surface area (TPSA) is 20.2 Å². The summed E-state index contributed by atoms with van der Waals surface area (Å²) >= 11 is 0. The molecular weight excluding hydrogens is 172 g/mol. The lowest BCUT2D eigenvalue weighted by atomic mass is 9.86. The molecule has 3 atom stereocenters. The molecule has 0 bridgehead atoms. The van der Waals surface area contributed by atoms with Crippen molar-refractivity contribution in [2.45, 2.75) is 47.0 Å². The molecule has 1 N–H and O–H groups in total. The quantitative estimate of drug-likeness (QED) is 0.668. The van der Waals surface area contributed by atoms with E-state index in [4.69, 9.17) is 5.11 Å². The summed E-state index contributed by atoms with van der Waals surface area (Å²) in [4.78, 5) is 0. The highest BCUT2D eigenvalue weighted by atomic mass is 16.3. The molecule has 82 valence electrons. The fraction of sp³-hybridized carbons (Fsp3) is 0.846. The molecule has 0 spiro atoms. The van der Waals surface area contributed by atoms with E-state index < -0.39 is 0 Å². The van der Waals surface area contributed by atoms with Crippen LogP contribution >= 0.6 is 0 Å². The normalized spacial score (nSPS) is 34.4. The number of allylic oxidation sites excluding steroid dienone is 1. The van der Waals surface area contributed by atoms with Gasteiger partial charge in [0.15, 0.2) is 0 Å². The van der Waals surface area contributed by atoms with Crippen LogP contribution in [0.5, 0.6) is 0 Å². The summed E-state index contributed by atoms with van der Waals surface area (Å²) in [5.74, 6) is 1.74. The molecule has 3 unspecified atom stereocenters. The van der Waals surface area contributed by atoms with E-state index in [9.17, 15) is 0 Å². The molecule has 1 saturated carbocycles. The second-order valence-corrected chi connectivity index (χ2v) is 5.30. The summed E-state index contributed by atoms with van der Waals surface area (Å²) in [6.07, 6.45) is 5.96. The minimum Gasteiger partial charge on any atom is -0.392 e. The van der Waals surface area contributed by atoms with Crippen LogP contribution < -0.4 is 0 Å². The van der Waals surface area contributed by atoms with E-state index in [2.05, 4.69) is 26.8 Å². The zero-order valence-electron chi connectivity index (χ0n) is 10.0. The fourth-order valence-electron chi connectivity index (χ4n) is 2.26. The molecule has 0 aromatic carbocycles. The Labute approximate surface area is 88.2 Å². The lowest BCUT2D eigenvalue weighted by molar-refractivity contribution is 0.317. The van der Waals surface area contributed by atoms with Gasteiger partial charge in [0.2, 0.25) is 0 Å². The van der Waals surface area contributed by atoms with Crippen molar-refractivity contribution in [2.75, 3.05) is 6.61 Å². The van der Waals surface area contributed by atoms with Gasteiger partial charge < -0.3 is 5.11 Å². The number of hydrogen-bond acceptors (Lipinski definition) is 1. The van der Waals surface area contributed by atoms with E-state index in [0.717, 1.165) is 23.8 Å². The van der Waals surface area contributed by atoms with Crippen molar-refractivity contribution in [3.8, 4) is 0 Å². The first-order chi connectivity index (χ1) is 6.50. The third-order valence-electron chi connectivity index (χ3n) is 4.18. The lowest BCUT2D eigenvalue weighted by Gasteiger charge is -2.19. The third kappa shape index (κ3) is 2.60. The van der Waals surface area contributed by atoms with Crippen molar-refractivity contribution in [3.63, 3.8) is 0 Å². The van der Waals surface area contributed by atoms with E-state index in [1.165, 1.54) is 12.8 Å². The molecule has 1 aliphatic carbocycles. The molecule has 1 heteroatoms. The molecule has 0 aliphatic heterocycles. The molecule has 0 amide bonds. The van der Waals surface area contributed by atoms with Crippen LogP contribution in [-0.2, 0) is 0 Å². The summed E-state index contributed by atoms with van der Waals surface area (Å²) in [6.45, 7) is 9.33. The summed E-state index contributed by atoms with van der Waals surface area (Å²) in [7, 11) is 0. The number of aliphatic hydroxyl groups is 1. The smallest absolute Gasteiger partial charge is 0.0639 e. The molecule has 1 fully saturated rings. The molecule has 0 saturated heterocycles. The first-order valence-electron chi connectivity index (χ1n) is 5.77. The second-order valence-electron chi connectivity index (χ2n) is 5.30. The van der Waals surface area contributed by atoms with Gasteiger partial charge in [-0.15, -0.1) is 0 Å². The predicted molar refractivity (Wildman–Crippen MR) is 61.1 cm³/mol. The third-order valence-corrected chi connectivity index (χ3v) is 4.18. The zero-order chi connectivity index (χ0) is 10.8. The van der Waals surface area contributed by atoms with Crippen LogP contribution in [0.25, 0.3) is 0 Å². The maximum atomic E-state index is 8.85. The Balaban J connectivity index is 2.26. The highest BCUT2D eigenvalue weighted by Crippen LogP contribution is 2.58. The van der Waals surface area contributed by atoms with Gasteiger partial charge in [0.1, 0.15) is 0 Å². The van der Waals surface area contributed by atoms with Gasteiger partial charge >= 0.3 is 0 Å². The number of hydrogen-bond donors (Lipinski definition) is 1. The van der Waals surface area contributed by atoms with Crippen molar-refractivity contribution >= 4 is 0 Å². The van der Waals surface area contributed by atoms with Crippen LogP contribution in [-0.4, -0.2) is 11.7 Å². The largest absolute Gasteiger partial charge is 0.392 e. The first-order valence-corrected chi connectivity index (χ1v) is 5.77. The average Bonchev–Trinajstić information content (AvgIpc) is 2.75. The van der Waals surface area contributed by atoms with Crippen molar-refractivity contribution in [2.24, 2.45) is 17.3 Å². The van der Waals surface area contributed by atoms with Crippen molar-refractivity contribution in [3.05, 3.63) is 11.6 Å². The Hall–Kier alpha value is -0.300. The molecule has 0 radical (unpaired) electrons. The standard InChI is InChI=1S/C13H24O/c1-10(9-14)6-5-7-11(2)13(4)8-12(13)3/h6,11-12,14H,5,7-9H2,1-4H3/b10-6+. The Bertz CT molecular complexity index is 219. The Morgan fingerprint density at radius 1 is 1.64 bits per heavy atom. The highest BCUT2D eigenvalue weighted by molar-refractivity contribution is 5.01. The molecule has 0 aromatic heterocycles. The molecule has 1 rings (SSSR count). The van der Waals surface area contributed by atoms with Crippen LogP contribution in [0.3, 0.4) is 0 Å². The van der Waals surface area contributed by atoms with Gasteiger partial charge in [-0.2, -0.15) is 0 Å². The van der Waals surface area contributed by atoms with E-state index >= 15 is 0 Å². The maximum absolute atomic E-state index is 8.85. The molecule has 1 aliphatic rings. The van der Waals surface area contributed by atoms with Crippen molar-refractivity contribution in [1.82, 2.24) is 0 Å². The zero-order valence-corrected chi connectivity index (χ0v) is 10.0. The Kier molecular flexibility index (Phi) is 3.77. The van der Waals surface area contributed by atoms with Gasteiger partial charge in [0, 0.05) is 0 Å². The summed E-state index contributed by atoms with van der Waals surface area (Å²) in [5.41, 5.74) is 1.72. The summed E-state index contributed by atoms with van der Waals surface area (Å²) < 4.78 is 0. The van der Waals surface area contributed by atoms with Gasteiger partial charge in [0.05, 0.1) is 6.61 Å². The van der Waals surface area contributed by atoms with Crippen LogP contribution in [0, 0.1) is 17.3 Å². The minimum absolute atomic E-state index is 0.210. The summed E-state index contributed by atoms with van der Waals surface area (Å²) in [6, 6.07) is 0. The van der Waals surface area contributed by atoms with Gasteiger partial charge in [0.25, 0.3) is 0 Å². The monoisotopic (exact) mass is 196 g/mol. The van der Waals surface area contributed by atoms with Crippen molar-refractivity contribution < 1.29 is 5.11 Å². The van der Waals surface area contributed by atoms with Crippen molar-refractivity contribution in [1.29, 1.82) is 0 Å². The van der Waals surface area contributed by atoms with Crippen LogP contribution in [0.2, 0.25) is 0 Å². The van der Waals surface area contributed by atoms with E-state index in [0.29, 0.717) is 5.41 Å². The minimum atomic E-state index is 0.210. The summed E-state index contributed by atoms with van der Waals surface area (Å²) in [5, 5.41) is 8.85. The highest BCUT2D eigenvalue weighted by Gasteiger charge is 2.49. The maximum Gasteiger partial charge on any atom is 0.0639 e. The van der Waals surface area contributed by atoms with Gasteiger partial charge in [-0.05, 0) is 43.4 Å². The van der Waals surface area contributed by atoms with E-state index in [-0.39, 0.29) is 6.61 Å². The van der Waals surface area contributed by atoms with Gasteiger partial charge in [-0.3, -0.25) is 0 Å². The second kappa shape index (κ2) is 4.48. The Morgan fingerprint density at radius 3 is 2.64 bits per heavy atom. The number of rotatable bonds is 5. The SMILES string of the molecule is C/C(=C\CCC(C)C1(C)CC1C)CO. The molecule has 14 heavy (non-hydrogen) atoms. The van der Waals surface area contributed by atoms with E-state index in [1.54, 1.807) is 0 Å². The number of aliphatic hydroxyl groups excluding tert-OH is 1. The van der Waals surface area contributed by atoms with E-state index in [1.807, 2.05) is 6.92 Å². The first kappa shape index (κ1) is 11.8. The van der Waals surface area contributed by atoms with Gasteiger partial charge in [-0.25, -0.2) is 0 Å². The fourth-order valence-corrected chi connectivity index (χ4v) is 2.26. The molecule has 0 heterocycles. The average molecular weight is 196 g/mol.